The number of hydrogen-bond acceptors (Lipinski definition) is 5. The second kappa shape index (κ2) is 7.17. The number of aryl methyl sites for hydroxylation is 1. The van der Waals surface area contributed by atoms with Gasteiger partial charge in [0.05, 0.1) is 12.1 Å². The molecule has 1 N–H and O–H groups in total. The van der Waals surface area contributed by atoms with Crippen molar-refractivity contribution in [1.29, 1.82) is 0 Å². The van der Waals surface area contributed by atoms with E-state index in [1.807, 2.05) is 6.92 Å². The third-order valence-corrected chi connectivity index (χ3v) is 3.74. The van der Waals surface area contributed by atoms with E-state index >= 15 is 0 Å². The molecule has 0 aliphatic carbocycles. The summed E-state index contributed by atoms with van der Waals surface area (Å²) in [6.07, 6.45) is -2.96. The van der Waals surface area contributed by atoms with Gasteiger partial charge in [-0.15, -0.1) is 10.2 Å². The van der Waals surface area contributed by atoms with E-state index in [1.165, 1.54) is 22.9 Å². The minimum absolute atomic E-state index is 0.0212. The maximum Gasteiger partial charge on any atom is 0.417 e. The van der Waals surface area contributed by atoms with Crippen LogP contribution in [-0.2, 0) is 19.3 Å². The summed E-state index contributed by atoms with van der Waals surface area (Å²) in [5, 5.41) is 14.1. The molecule has 27 heavy (non-hydrogen) atoms. The lowest BCUT2D eigenvalue weighted by Gasteiger charge is -2.08. The average Bonchev–Trinajstić information content (AvgIpc) is 3.03. The van der Waals surface area contributed by atoms with Crippen LogP contribution in [-0.4, -0.2) is 30.3 Å². The Bertz CT molecular complexity index is 1040. The Morgan fingerprint density at radius 1 is 1.19 bits per heavy atom. The number of carbonyl (C=O) groups excluding carboxylic acids is 1. The fraction of sp³-hybridized carbons (Fsp3) is 0.312. The molecule has 0 saturated carbocycles. The number of aromatic nitrogens is 5. The van der Waals surface area contributed by atoms with Gasteiger partial charge in [0.1, 0.15) is 5.69 Å². The van der Waals surface area contributed by atoms with Gasteiger partial charge < -0.3 is 5.32 Å². The quantitative estimate of drug-likeness (QED) is 0.726. The largest absolute Gasteiger partial charge is 0.417 e. The fourth-order valence-electron chi connectivity index (χ4n) is 2.42. The number of alkyl halides is 3. The van der Waals surface area contributed by atoms with Crippen LogP contribution in [0.25, 0.3) is 5.65 Å². The number of carbonyl (C=O) groups is 1. The van der Waals surface area contributed by atoms with E-state index in [0.29, 0.717) is 13.0 Å². The third kappa shape index (κ3) is 3.96. The molecule has 3 aromatic rings. The van der Waals surface area contributed by atoms with Crippen LogP contribution in [0.1, 0.15) is 35.2 Å². The van der Waals surface area contributed by atoms with Crippen LogP contribution in [0.3, 0.4) is 0 Å². The molecule has 0 aromatic carbocycles. The van der Waals surface area contributed by atoms with E-state index in [4.69, 9.17) is 0 Å². The number of fused-ring (bicyclic) bond motifs is 1. The molecule has 142 valence electrons. The number of rotatable bonds is 5. The van der Waals surface area contributed by atoms with Gasteiger partial charge in [0.2, 0.25) is 0 Å². The van der Waals surface area contributed by atoms with Crippen LogP contribution in [0.2, 0.25) is 0 Å². The molecule has 3 aromatic heterocycles. The number of nitrogens with one attached hydrogen (secondary N) is 1. The molecule has 0 saturated heterocycles. The van der Waals surface area contributed by atoms with Crippen LogP contribution in [0.15, 0.2) is 35.3 Å². The van der Waals surface area contributed by atoms with Crippen molar-refractivity contribution in [3.05, 3.63) is 57.9 Å². The zero-order chi connectivity index (χ0) is 19.6. The van der Waals surface area contributed by atoms with E-state index in [9.17, 15) is 22.8 Å². The summed E-state index contributed by atoms with van der Waals surface area (Å²) < 4.78 is 40.9. The number of halogens is 3. The van der Waals surface area contributed by atoms with Gasteiger partial charge in [0, 0.05) is 18.8 Å². The van der Waals surface area contributed by atoms with Gasteiger partial charge >= 0.3 is 6.18 Å². The third-order valence-electron chi connectivity index (χ3n) is 3.74. The molecule has 0 bridgehead atoms. The lowest BCUT2D eigenvalue weighted by Crippen LogP contribution is -2.29. The van der Waals surface area contributed by atoms with E-state index in [2.05, 4.69) is 20.6 Å². The Kier molecular flexibility index (Phi) is 4.93. The smallest absolute Gasteiger partial charge is 0.343 e. The van der Waals surface area contributed by atoms with Crippen LogP contribution >= 0.6 is 0 Å². The highest BCUT2D eigenvalue weighted by Gasteiger charge is 2.31. The summed E-state index contributed by atoms with van der Waals surface area (Å²) in [7, 11) is 0. The monoisotopic (exact) mass is 380 g/mol. The highest BCUT2D eigenvalue weighted by Crippen LogP contribution is 2.29. The first-order chi connectivity index (χ1) is 12.8. The zero-order valence-electron chi connectivity index (χ0n) is 14.2. The first-order valence-electron chi connectivity index (χ1n) is 8.07. The van der Waals surface area contributed by atoms with Crippen molar-refractivity contribution in [2.24, 2.45) is 0 Å². The van der Waals surface area contributed by atoms with Crippen molar-refractivity contribution >= 4 is 11.6 Å². The van der Waals surface area contributed by atoms with Crippen LogP contribution in [0.4, 0.5) is 13.2 Å². The van der Waals surface area contributed by atoms with Crippen LogP contribution in [0.5, 0.6) is 0 Å². The van der Waals surface area contributed by atoms with E-state index in [1.54, 1.807) is 0 Å². The van der Waals surface area contributed by atoms with Gasteiger partial charge in [0.25, 0.3) is 11.5 Å². The standard InChI is InChI=1S/C16H15F3N6O2/c1-2-7-25-14(26)6-4-11(23-25)15(27)20-8-13-22-21-12-5-3-10(9-24(12)13)16(17,18)19/h3-6,9H,2,7-8H2,1H3,(H,20,27). The topological polar surface area (TPSA) is 94.2 Å². The van der Waals surface area contributed by atoms with Gasteiger partial charge in [-0.2, -0.15) is 18.3 Å². The van der Waals surface area contributed by atoms with E-state index in [0.717, 1.165) is 16.7 Å². The summed E-state index contributed by atoms with van der Waals surface area (Å²) >= 11 is 0. The maximum absolute atomic E-state index is 12.9. The minimum Gasteiger partial charge on any atom is -0.343 e. The summed E-state index contributed by atoms with van der Waals surface area (Å²) in [5.74, 6) is -0.449. The molecule has 0 unspecified atom stereocenters. The summed E-state index contributed by atoms with van der Waals surface area (Å²) in [6, 6.07) is 4.63. The Morgan fingerprint density at radius 3 is 2.67 bits per heavy atom. The lowest BCUT2D eigenvalue weighted by atomic mass is 10.3. The second-order valence-corrected chi connectivity index (χ2v) is 5.72. The predicted molar refractivity (Wildman–Crippen MR) is 87.9 cm³/mol. The number of nitrogens with zero attached hydrogens (tertiary/aromatic N) is 5. The molecule has 0 fully saturated rings. The highest BCUT2D eigenvalue weighted by atomic mass is 19.4. The Balaban J connectivity index is 1.79. The first-order valence-corrected chi connectivity index (χ1v) is 8.07. The Labute approximate surface area is 150 Å². The zero-order valence-corrected chi connectivity index (χ0v) is 14.2. The molecule has 0 atom stereocenters. The van der Waals surface area contributed by atoms with Crippen molar-refractivity contribution in [2.45, 2.75) is 32.6 Å². The molecule has 3 heterocycles. The minimum atomic E-state index is -4.50. The SMILES string of the molecule is CCCn1nc(C(=O)NCc2nnc3ccc(C(F)(F)F)cn23)ccc1=O. The molecule has 11 heteroatoms. The maximum atomic E-state index is 12.9. The average molecular weight is 380 g/mol. The van der Waals surface area contributed by atoms with Gasteiger partial charge in [-0.05, 0) is 24.6 Å². The summed E-state index contributed by atoms with van der Waals surface area (Å²) in [4.78, 5) is 23.9. The van der Waals surface area contributed by atoms with Gasteiger partial charge in [-0.1, -0.05) is 6.92 Å². The molecule has 0 radical (unpaired) electrons. The van der Waals surface area contributed by atoms with Gasteiger partial charge in [-0.3, -0.25) is 14.0 Å². The second-order valence-electron chi connectivity index (χ2n) is 5.72. The first kappa shape index (κ1) is 18.5. The Hall–Kier alpha value is -3.24. The summed E-state index contributed by atoms with van der Waals surface area (Å²) in [5.41, 5.74) is -0.929. The molecular weight excluding hydrogens is 365 g/mol. The van der Waals surface area contributed by atoms with Gasteiger partial charge in [0.15, 0.2) is 11.5 Å². The number of amides is 1. The molecule has 8 nitrogen and oxygen atoms in total. The van der Waals surface area contributed by atoms with Crippen molar-refractivity contribution < 1.29 is 18.0 Å². The van der Waals surface area contributed by atoms with Gasteiger partial charge in [-0.25, -0.2) is 4.68 Å². The van der Waals surface area contributed by atoms with Crippen molar-refractivity contribution in [2.75, 3.05) is 0 Å². The number of pyridine rings is 1. The molecule has 0 aliphatic rings. The molecule has 3 rings (SSSR count). The number of hydrogen-bond donors (Lipinski definition) is 1. The van der Waals surface area contributed by atoms with Crippen molar-refractivity contribution in [1.82, 2.24) is 29.7 Å². The van der Waals surface area contributed by atoms with Crippen LogP contribution in [0, 0.1) is 0 Å². The van der Waals surface area contributed by atoms with Crippen molar-refractivity contribution in [3.8, 4) is 0 Å². The lowest BCUT2D eigenvalue weighted by molar-refractivity contribution is -0.137. The van der Waals surface area contributed by atoms with Crippen LogP contribution < -0.4 is 10.9 Å². The normalized spacial score (nSPS) is 11.7. The Morgan fingerprint density at radius 2 is 1.96 bits per heavy atom. The fourth-order valence-corrected chi connectivity index (χ4v) is 2.42. The molecular formula is C16H15F3N6O2. The van der Waals surface area contributed by atoms with E-state index in [-0.39, 0.29) is 29.3 Å². The predicted octanol–water partition coefficient (Wildman–Crippen LogP) is 1.64. The molecule has 1 amide bonds. The van der Waals surface area contributed by atoms with Crippen molar-refractivity contribution in [3.63, 3.8) is 0 Å². The summed E-state index contributed by atoms with van der Waals surface area (Å²) in [6.45, 7) is 2.08. The molecule has 0 spiro atoms. The highest BCUT2D eigenvalue weighted by molar-refractivity contribution is 5.91. The molecule has 0 aliphatic heterocycles. The van der Waals surface area contributed by atoms with E-state index < -0.39 is 17.6 Å².